The molecule has 2 unspecified atom stereocenters. The van der Waals surface area contributed by atoms with Gasteiger partial charge in [-0.05, 0) is 31.4 Å². The molecule has 1 fully saturated rings. The predicted octanol–water partition coefficient (Wildman–Crippen LogP) is 2.36. The highest BCUT2D eigenvalue weighted by atomic mass is 19.4. The standard InChI is InChI=1S/C15H18F3NO3/c16-15(17,18)11-5-1-2-7-13(11)22-9-8-19-14(21)10-4-3-6-12(10)20/h1-2,5,7,10,12,20H,3-4,6,8-9H2,(H,19,21). The summed E-state index contributed by atoms with van der Waals surface area (Å²) in [4.78, 5) is 11.8. The quantitative estimate of drug-likeness (QED) is 0.820. The lowest BCUT2D eigenvalue weighted by molar-refractivity contribution is -0.139. The van der Waals surface area contributed by atoms with E-state index < -0.39 is 23.8 Å². The van der Waals surface area contributed by atoms with Crippen LogP contribution < -0.4 is 10.1 Å². The number of carbonyl (C=O) groups excluding carboxylic acids is 1. The molecule has 0 radical (unpaired) electrons. The fraction of sp³-hybridized carbons (Fsp3) is 0.533. The minimum atomic E-state index is -4.48. The summed E-state index contributed by atoms with van der Waals surface area (Å²) in [6.45, 7) is 0.0237. The summed E-state index contributed by atoms with van der Waals surface area (Å²) in [6, 6.07) is 4.94. The first-order valence-electron chi connectivity index (χ1n) is 7.14. The Bertz CT molecular complexity index is 519. The van der Waals surface area contributed by atoms with Crippen molar-refractivity contribution in [3.63, 3.8) is 0 Å². The molecule has 1 aliphatic rings. The summed E-state index contributed by atoms with van der Waals surface area (Å²) in [6.07, 6.45) is -3.08. The molecule has 1 saturated carbocycles. The van der Waals surface area contributed by atoms with Gasteiger partial charge in [0.25, 0.3) is 0 Å². The van der Waals surface area contributed by atoms with Gasteiger partial charge in [-0.15, -0.1) is 0 Å². The van der Waals surface area contributed by atoms with Crippen LogP contribution in [0.4, 0.5) is 13.2 Å². The Labute approximate surface area is 126 Å². The van der Waals surface area contributed by atoms with Crippen LogP contribution in [-0.2, 0) is 11.0 Å². The molecule has 4 nitrogen and oxygen atoms in total. The van der Waals surface area contributed by atoms with E-state index in [9.17, 15) is 23.1 Å². The second-order valence-corrected chi connectivity index (χ2v) is 5.24. The molecule has 0 spiro atoms. The number of hydrogen-bond donors (Lipinski definition) is 2. The van der Waals surface area contributed by atoms with Crippen LogP contribution in [0, 0.1) is 5.92 Å². The van der Waals surface area contributed by atoms with Gasteiger partial charge in [0, 0.05) is 0 Å². The number of aliphatic hydroxyl groups excluding tert-OH is 1. The molecule has 0 bridgehead atoms. The molecule has 1 aromatic rings. The lowest BCUT2D eigenvalue weighted by atomic mass is 10.1. The van der Waals surface area contributed by atoms with Gasteiger partial charge in [0.15, 0.2) is 0 Å². The molecule has 0 aromatic heterocycles. The number of carbonyl (C=O) groups is 1. The Kier molecular flexibility index (Phi) is 5.28. The largest absolute Gasteiger partial charge is 0.491 e. The van der Waals surface area contributed by atoms with Crippen molar-refractivity contribution in [3.05, 3.63) is 29.8 Å². The highest BCUT2D eigenvalue weighted by molar-refractivity contribution is 5.79. The lowest BCUT2D eigenvalue weighted by Crippen LogP contribution is -2.36. The minimum absolute atomic E-state index is 0.0678. The highest BCUT2D eigenvalue weighted by Gasteiger charge is 2.34. The van der Waals surface area contributed by atoms with E-state index in [0.717, 1.165) is 12.5 Å². The van der Waals surface area contributed by atoms with Gasteiger partial charge >= 0.3 is 6.18 Å². The lowest BCUT2D eigenvalue weighted by Gasteiger charge is -2.16. The molecule has 1 aromatic carbocycles. The minimum Gasteiger partial charge on any atom is -0.491 e. The van der Waals surface area contributed by atoms with Crippen LogP contribution in [-0.4, -0.2) is 30.3 Å². The third-order valence-corrected chi connectivity index (χ3v) is 3.67. The fourth-order valence-electron chi connectivity index (χ4n) is 2.54. The zero-order valence-corrected chi connectivity index (χ0v) is 11.9. The molecule has 2 N–H and O–H groups in total. The van der Waals surface area contributed by atoms with Crippen molar-refractivity contribution in [1.82, 2.24) is 5.32 Å². The summed E-state index contributed by atoms with van der Waals surface area (Å²) in [5.74, 6) is -0.967. The van der Waals surface area contributed by atoms with E-state index in [0.29, 0.717) is 12.8 Å². The first kappa shape index (κ1) is 16.6. The van der Waals surface area contributed by atoms with Crippen molar-refractivity contribution >= 4 is 5.91 Å². The van der Waals surface area contributed by atoms with Crippen LogP contribution in [0.3, 0.4) is 0 Å². The number of amides is 1. The van der Waals surface area contributed by atoms with Crippen LogP contribution >= 0.6 is 0 Å². The second-order valence-electron chi connectivity index (χ2n) is 5.24. The molecule has 1 amide bonds. The number of aliphatic hydroxyl groups is 1. The molecular formula is C15H18F3NO3. The predicted molar refractivity (Wildman–Crippen MR) is 73.3 cm³/mol. The van der Waals surface area contributed by atoms with E-state index in [1.807, 2.05) is 0 Å². The zero-order chi connectivity index (χ0) is 16.2. The third-order valence-electron chi connectivity index (χ3n) is 3.67. The first-order valence-corrected chi connectivity index (χ1v) is 7.14. The number of alkyl halides is 3. The number of ether oxygens (including phenoxy) is 1. The molecule has 0 saturated heterocycles. The van der Waals surface area contributed by atoms with Gasteiger partial charge in [-0.2, -0.15) is 13.2 Å². The average molecular weight is 317 g/mol. The van der Waals surface area contributed by atoms with Crippen molar-refractivity contribution in [3.8, 4) is 5.75 Å². The Morgan fingerprint density at radius 3 is 2.68 bits per heavy atom. The molecule has 2 rings (SSSR count). The Balaban J connectivity index is 1.81. The van der Waals surface area contributed by atoms with E-state index in [-0.39, 0.29) is 24.8 Å². The van der Waals surface area contributed by atoms with E-state index in [1.165, 1.54) is 18.2 Å². The molecule has 7 heteroatoms. The van der Waals surface area contributed by atoms with Gasteiger partial charge in [-0.1, -0.05) is 12.1 Å². The molecule has 122 valence electrons. The van der Waals surface area contributed by atoms with E-state index in [2.05, 4.69) is 5.32 Å². The smallest absolute Gasteiger partial charge is 0.419 e. The molecule has 2 atom stereocenters. The number of para-hydroxylation sites is 1. The zero-order valence-electron chi connectivity index (χ0n) is 11.9. The second kappa shape index (κ2) is 7.00. The SMILES string of the molecule is O=C(NCCOc1ccccc1C(F)(F)F)C1CCCC1O. The van der Waals surface area contributed by atoms with Crippen molar-refractivity contribution in [1.29, 1.82) is 0 Å². The number of rotatable bonds is 5. The average Bonchev–Trinajstić information content (AvgIpc) is 2.89. The maximum absolute atomic E-state index is 12.8. The topological polar surface area (TPSA) is 58.6 Å². The van der Waals surface area contributed by atoms with Gasteiger partial charge in [-0.3, -0.25) is 4.79 Å². The van der Waals surface area contributed by atoms with Gasteiger partial charge < -0.3 is 15.2 Å². The van der Waals surface area contributed by atoms with Crippen molar-refractivity contribution in [2.24, 2.45) is 5.92 Å². The van der Waals surface area contributed by atoms with Gasteiger partial charge in [0.1, 0.15) is 12.4 Å². The van der Waals surface area contributed by atoms with Crippen molar-refractivity contribution < 1.29 is 27.8 Å². The first-order chi connectivity index (χ1) is 10.4. The van der Waals surface area contributed by atoms with Crippen LogP contribution in [0.2, 0.25) is 0 Å². The Morgan fingerprint density at radius 1 is 1.32 bits per heavy atom. The van der Waals surface area contributed by atoms with Crippen LogP contribution in [0.25, 0.3) is 0 Å². The summed E-state index contributed by atoms with van der Waals surface area (Å²) in [7, 11) is 0. The number of benzene rings is 1. The number of hydrogen-bond acceptors (Lipinski definition) is 3. The van der Waals surface area contributed by atoms with Gasteiger partial charge in [0.2, 0.25) is 5.91 Å². The fourth-order valence-corrected chi connectivity index (χ4v) is 2.54. The monoisotopic (exact) mass is 317 g/mol. The van der Waals surface area contributed by atoms with E-state index in [4.69, 9.17) is 4.74 Å². The normalized spacial score (nSPS) is 21.6. The number of nitrogens with one attached hydrogen (secondary N) is 1. The maximum Gasteiger partial charge on any atom is 0.419 e. The van der Waals surface area contributed by atoms with E-state index in [1.54, 1.807) is 0 Å². The summed E-state index contributed by atoms with van der Waals surface area (Å²) < 4.78 is 43.4. The van der Waals surface area contributed by atoms with E-state index >= 15 is 0 Å². The number of halogens is 3. The summed E-state index contributed by atoms with van der Waals surface area (Å²) in [5, 5.41) is 12.2. The molecular weight excluding hydrogens is 299 g/mol. The van der Waals surface area contributed by atoms with Crippen molar-refractivity contribution in [2.45, 2.75) is 31.5 Å². The Morgan fingerprint density at radius 2 is 2.05 bits per heavy atom. The molecule has 22 heavy (non-hydrogen) atoms. The third kappa shape index (κ3) is 4.13. The van der Waals surface area contributed by atoms with Gasteiger partial charge in [0.05, 0.1) is 24.1 Å². The molecule has 1 aliphatic carbocycles. The molecule has 0 heterocycles. The Hall–Kier alpha value is -1.76. The highest BCUT2D eigenvalue weighted by Crippen LogP contribution is 2.35. The van der Waals surface area contributed by atoms with Crippen LogP contribution in [0.15, 0.2) is 24.3 Å². The maximum atomic E-state index is 12.8. The van der Waals surface area contributed by atoms with Crippen LogP contribution in [0.1, 0.15) is 24.8 Å². The molecule has 0 aliphatic heterocycles. The van der Waals surface area contributed by atoms with Gasteiger partial charge in [-0.25, -0.2) is 0 Å². The van der Waals surface area contributed by atoms with Crippen molar-refractivity contribution in [2.75, 3.05) is 13.2 Å². The van der Waals surface area contributed by atoms with Crippen LogP contribution in [0.5, 0.6) is 5.75 Å². The summed E-state index contributed by atoms with van der Waals surface area (Å²) >= 11 is 0. The summed E-state index contributed by atoms with van der Waals surface area (Å²) in [5.41, 5.74) is -0.840.